The molecule has 1 aromatic carbocycles. The lowest BCUT2D eigenvalue weighted by atomic mass is 9.79. The average Bonchev–Trinajstić information content (AvgIpc) is 2.40. The van der Waals surface area contributed by atoms with E-state index in [0.717, 1.165) is 11.1 Å². The zero-order valence-electron chi connectivity index (χ0n) is 10.2. The molecule has 0 bridgehead atoms. The molecule has 1 atom stereocenters. The van der Waals surface area contributed by atoms with Gasteiger partial charge in [-0.2, -0.15) is 5.26 Å². The van der Waals surface area contributed by atoms with Crippen LogP contribution in [0.15, 0.2) is 48.8 Å². The highest BCUT2D eigenvalue weighted by molar-refractivity contribution is 5.37. The van der Waals surface area contributed by atoms with E-state index in [1.807, 2.05) is 19.1 Å². The molecule has 1 unspecified atom stereocenters. The molecule has 0 spiro atoms. The Labute approximate surface area is 106 Å². The first kappa shape index (κ1) is 12.1. The number of phenolic OH excluding ortho intramolecular Hbond substituents is 1. The molecule has 0 radical (unpaired) electrons. The predicted octanol–water partition coefficient (Wildman–Crippen LogP) is 2.81. The zero-order valence-corrected chi connectivity index (χ0v) is 10.2. The minimum Gasteiger partial charge on any atom is -0.508 e. The Hall–Kier alpha value is -2.34. The van der Waals surface area contributed by atoms with Crippen molar-refractivity contribution in [1.29, 1.82) is 5.26 Å². The molecule has 90 valence electrons. The summed E-state index contributed by atoms with van der Waals surface area (Å²) in [6, 6.07) is 13.0. The van der Waals surface area contributed by atoms with Gasteiger partial charge in [0, 0.05) is 12.4 Å². The predicted molar refractivity (Wildman–Crippen MR) is 69.0 cm³/mol. The number of benzene rings is 1. The lowest BCUT2D eigenvalue weighted by Gasteiger charge is -2.22. The van der Waals surface area contributed by atoms with E-state index in [1.165, 1.54) is 0 Å². The molecule has 0 aliphatic heterocycles. The van der Waals surface area contributed by atoms with Crippen LogP contribution in [0.5, 0.6) is 5.75 Å². The van der Waals surface area contributed by atoms with Crippen LogP contribution in [0.2, 0.25) is 0 Å². The second kappa shape index (κ2) is 4.89. The van der Waals surface area contributed by atoms with Crippen molar-refractivity contribution in [2.45, 2.75) is 18.8 Å². The van der Waals surface area contributed by atoms with Crippen LogP contribution in [0.4, 0.5) is 0 Å². The van der Waals surface area contributed by atoms with Gasteiger partial charge in [-0.3, -0.25) is 4.98 Å². The van der Waals surface area contributed by atoms with Crippen molar-refractivity contribution in [3.8, 4) is 11.8 Å². The Morgan fingerprint density at radius 2 is 2.00 bits per heavy atom. The Bertz CT molecular complexity index is 557. The van der Waals surface area contributed by atoms with E-state index in [9.17, 15) is 10.4 Å². The minimum atomic E-state index is -0.614. The maximum atomic E-state index is 9.44. The van der Waals surface area contributed by atoms with E-state index in [0.29, 0.717) is 6.42 Å². The fourth-order valence-corrected chi connectivity index (χ4v) is 1.95. The van der Waals surface area contributed by atoms with Crippen molar-refractivity contribution in [3.05, 3.63) is 59.9 Å². The first-order valence-electron chi connectivity index (χ1n) is 5.74. The molecule has 2 aromatic rings. The quantitative estimate of drug-likeness (QED) is 0.894. The number of nitrogens with zero attached hydrogens (tertiary/aromatic N) is 2. The SMILES string of the molecule is CC(C#N)(Cc1cccnc1)c1ccc(O)cc1. The van der Waals surface area contributed by atoms with E-state index in [2.05, 4.69) is 11.1 Å². The molecule has 18 heavy (non-hydrogen) atoms. The van der Waals surface area contributed by atoms with Crippen LogP contribution in [-0.2, 0) is 11.8 Å². The Balaban J connectivity index is 2.32. The third-order valence-corrected chi connectivity index (χ3v) is 3.03. The van der Waals surface area contributed by atoms with Crippen molar-refractivity contribution in [2.75, 3.05) is 0 Å². The second-order valence-corrected chi connectivity index (χ2v) is 4.53. The lowest BCUT2D eigenvalue weighted by molar-refractivity contribution is 0.474. The van der Waals surface area contributed by atoms with Crippen LogP contribution < -0.4 is 0 Å². The van der Waals surface area contributed by atoms with E-state index in [1.54, 1.807) is 36.7 Å². The number of aromatic nitrogens is 1. The summed E-state index contributed by atoms with van der Waals surface area (Å²) in [5.74, 6) is 0.209. The van der Waals surface area contributed by atoms with Crippen molar-refractivity contribution in [1.82, 2.24) is 4.98 Å². The van der Waals surface area contributed by atoms with Crippen LogP contribution >= 0.6 is 0 Å². The van der Waals surface area contributed by atoms with Gasteiger partial charge in [0.25, 0.3) is 0 Å². The third kappa shape index (κ3) is 2.49. The van der Waals surface area contributed by atoms with Gasteiger partial charge in [0.1, 0.15) is 5.75 Å². The van der Waals surface area contributed by atoms with Gasteiger partial charge in [-0.25, -0.2) is 0 Å². The van der Waals surface area contributed by atoms with E-state index < -0.39 is 5.41 Å². The monoisotopic (exact) mass is 238 g/mol. The summed E-state index contributed by atoms with van der Waals surface area (Å²) in [7, 11) is 0. The topological polar surface area (TPSA) is 56.9 Å². The smallest absolute Gasteiger partial charge is 0.115 e. The highest BCUT2D eigenvalue weighted by Gasteiger charge is 2.26. The Morgan fingerprint density at radius 3 is 2.56 bits per heavy atom. The van der Waals surface area contributed by atoms with E-state index >= 15 is 0 Å². The van der Waals surface area contributed by atoms with Crippen LogP contribution in [0, 0.1) is 11.3 Å². The van der Waals surface area contributed by atoms with E-state index in [4.69, 9.17) is 0 Å². The molecule has 3 nitrogen and oxygen atoms in total. The summed E-state index contributed by atoms with van der Waals surface area (Å²) in [5.41, 5.74) is 1.30. The molecule has 0 saturated heterocycles. The zero-order chi connectivity index (χ0) is 13.0. The van der Waals surface area contributed by atoms with Crippen molar-refractivity contribution in [2.24, 2.45) is 0 Å². The van der Waals surface area contributed by atoms with Gasteiger partial charge < -0.3 is 5.11 Å². The van der Waals surface area contributed by atoms with Gasteiger partial charge >= 0.3 is 0 Å². The minimum absolute atomic E-state index is 0.209. The lowest BCUT2D eigenvalue weighted by Crippen LogP contribution is -2.22. The molecule has 0 fully saturated rings. The molecule has 1 N–H and O–H groups in total. The summed E-state index contributed by atoms with van der Waals surface area (Å²) in [6.45, 7) is 1.90. The number of hydrogen-bond donors (Lipinski definition) is 1. The molecular formula is C15H14N2O. The number of phenols is 1. The summed E-state index contributed by atoms with van der Waals surface area (Å²) >= 11 is 0. The largest absolute Gasteiger partial charge is 0.508 e. The molecule has 2 rings (SSSR count). The second-order valence-electron chi connectivity index (χ2n) is 4.53. The van der Waals surface area contributed by atoms with Gasteiger partial charge in [0.2, 0.25) is 0 Å². The van der Waals surface area contributed by atoms with Crippen LogP contribution in [0.25, 0.3) is 0 Å². The fourth-order valence-electron chi connectivity index (χ4n) is 1.95. The van der Waals surface area contributed by atoms with Gasteiger partial charge in [-0.05, 0) is 42.7 Å². The highest BCUT2D eigenvalue weighted by Crippen LogP contribution is 2.28. The summed E-state index contributed by atoms with van der Waals surface area (Å²) in [5, 5.41) is 18.7. The Morgan fingerprint density at radius 1 is 1.28 bits per heavy atom. The standard InChI is InChI=1S/C15H14N2O/c1-15(11-16,9-12-3-2-8-17-10-12)13-4-6-14(18)7-5-13/h2-8,10,18H,9H2,1H3. The Kier molecular flexibility index (Phi) is 3.29. The van der Waals surface area contributed by atoms with Crippen molar-refractivity contribution in [3.63, 3.8) is 0 Å². The first-order chi connectivity index (χ1) is 8.64. The molecular weight excluding hydrogens is 224 g/mol. The normalized spacial score (nSPS) is 13.6. The maximum absolute atomic E-state index is 9.44. The molecule has 3 heteroatoms. The van der Waals surface area contributed by atoms with Crippen LogP contribution in [0.1, 0.15) is 18.1 Å². The first-order valence-corrected chi connectivity index (χ1v) is 5.74. The summed E-state index contributed by atoms with van der Waals surface area (Å²) in [6.07, 6.45) is 4.09. The van der Waals surface area contributed by atoms with Gasteiger partial charge in [-0.15, -0.1) is 0 Å². The summed E-state index contributed by atoms with van der Waals surface area (Å²) in [4.78, 5) is 4.06. The number of aromatic hydroxyl groups is 1. The number of nitriles is 1. The molecule has 1 heterocycles. The van der Waals surface area contributed by atoms with Crippen LogP contribution in [0.3, 0.4) is 0 Å². The molecule has 1 aromatic heterocycles. The fraction of sp³-hybridized carbons (Fsp3) is 0.200. The third-order valence-electron chi connectivity index (χ3n) is 3.03. The van der Waals surface area contributed by atoms with Gasteiger partial charge in [-0.1, -0.05) is 18.2 Å². The molecule has 0 aliphatic carbocycles. The van der Waals surface area contributed by atoms with Gasteiger partial charge in [0.15, 0.2) is 0 Å². The average molecular weight is 238 g/mol. The van der Waals surface area contributed by atoms with Crippen molar-refractivity contribution < 1.29 is 5.11 Å². The number of hydrogen-bond acceptors (Lipinski definition) is 3. The van der Waals surface area contributed by atoms with Crippen LogP contribution in [-0.4, -0.2) is 10.1 Å². The highest BCUT2D eigenvalue weighted by atomic mass is 16.3. The van der Waals surface area contributed by atoms with Gasteiger partial charge in [0.05, 0.1) is 11.5 Å². The summed E-state index contributed by atoms with van der Waals surface area (Å²) < 4.78 is 0. The molecule has 0 amide bonds. The molecule has 0 aliphatic rings. The molecule has 0 saturated carbocycles. The maximum Gasteiger partial charge on any atom is 0.115 e. The number of pyridine rings is 1. The van der Waals surface area contributed by atoms with Crippen molar-refractivity contribution >= 4 is 0 Å². The number of rotatable bonds is 3. The van der Waals surface area contributed by atoms with E-state index in [-0.39, 0.29) is 5.75 Å².